The van der Waals surface area contributed by atoms with E-state index >= 15 is 0 Å². The van der Waals surface area contributed by atoms with Crippen LogP contribution in [0.5, 0.6) is 0 Å². The van der Waals surface area contributed by atoms with Gasteiger partial charge in [0.15, 0.2) is 0 Å². The van der Waals surface area contributed by atoms with E-state index in [2.05, 4.69) is 35.9 Å². The Kier molecular flexibility index (Phi) is 3.05. The van der Waals surface area contributed by atoms with Gasteiger partial charge < -0.3 is 10.6 Å². The Morgan fingerprint density at radius 3 is 2.95 bits per heavy atom. The molecule has 2 N–H and O–H groups in total. The van der Waals surface area contributed by atoms with Gasteiger partial charge in [0.25, 0.3) is 0 Å². The van der Waals surface area contributed by atoms with Gasteiger partial charge in [-0.2, -0.15) is 0 Å². The lowest BCUT2D eigenvalue weighted by Gasteiger charge is -2.33. The molecular weight excluding hydrogens is 234 g/mol. The first-order valence-electron chi connectivity index (χ1n) is 7.05. The van der Waals surface area contributed by atoms with Crippen molar-refractivity contribution in [1.29, 1.82) is 0 Å². The summed E-state index contributed by atoms with van der Waals surface area (Å²) in [7, 11) is 0. The van der Waals surface area contributed by atoms with Crippen LogP contribution >= 0.6 is 0 Å². The highest BCUT2D eigenvalue weighted by atomic mass is 15.1. The maximum absolute atomic E-state index is 5.94. The lowest BCUT2D eigenvalue weighted by molar-refractivity contribution is 0.447. The standard InChI is InChI=1S/C16H21N3/c1-11-4-3-7-19(10-11)16-8-12(2)18-15-6-5-13(17)9-14(15)16/h5-6,8-9,11H,3-4,7,10,17H2,1-2H3. The number of rotatable bonds is 1. The molecule has 0 saturated carbocycles. The third-order valence-corrected chi connectivity index (χ3v) is 3.94. The highest BCUT2D eigenvalue weighted by Crippen LogP contribution is 2.31. The van der Waals surface area contributed by atoms with Gasteiger partial charge in [-0.15, -0.1) is 0 Å². The maximum atomic E-state index is 5.94. The molecule has 1 fully saturated rings. The first-order valence-corrected chi connectivity index (χ1v) is 7.05. The fourth-order valence-corrected chi connectivity index (χ4v) is 3.02. The first kappa shape index (κ1) is 12.3. The Morgan fingerprint density at radius 1 is 1.32 bits per heavy atom. The summed E-state index contributed by atoms with van der Waals surface area (Å²) in [5, 5.41) is 1.18. The molecule has 0 aliphatic carbocycles. The third kappa shape index (κ3) is 2.37. The minimum Gasteiger partial charge on any atom is -0.399 e. The van der Waals surface area contributed by atoms with Gasteiger partial charge in [0.1, 0.15) is 0 Å². The molecular formula is C16H21N3. The number of aromatic nitrogens is 1. The van der Waals surface area contributed by atoms with E-state index in [4.69, 9.17) is 5.73 Å². The summed E-state index contributed by atoms with van der Waals surface area (Å²) in [6.45, 7) is 6.66. The smallest absolute Gasteiger partial charge is 0.0727 e. The van der Waals surface area contributed by atoms with Crippen molar-refractivity contribution in [1.82, 2.24) is 4.98 Å². The van der Waals surface area contributed by atoms with Gasteiger partial charge in [0, 0.05) is 35.5 Å². The lowest BCUT2D eigenvalue weighted by Crippen LogP contribution is -2.34. The minimum absolute atomic E-state index is 0.762. The Morgan fingerprint density at radius 2 is 2.16 bits per heavy atom. The van der Waals surface area contributed by atoms with Crippen molar-refractivity contribution in [2.75, 3.05) is 23.7 Å². The van der Waals surface area contributed by atoms with Crippen molar-refractivity contribution in [3.63, 3.8) is 0 Å². The Bertz CT molecular complexity index is 606. The van der Waals surface area contributed by atoms with Gasteiger partial charge in [0.2, 0.25) is 0 Å². The van der Waals surface area contributed by atoms with Gasteiger partial charge >= 0.3 is 0 Å². The molecule has 0 spiro atoms. The van der Waals surface area contributed by atoms with Gasteiger partial charge in [-0.3, -0.25) is 4.98 Å². The zero-order chi connectivity index (χ0) is 13.4. The van der Waals surface area contributed by atoms with Crippen LogP contribution in [0.3, 0.4) is 0 Å². The van der Waals surface area contributed by atoms with Crippen LogP contribution in [0, 0.1) is 12.8 Å². The largest absolute Gasteiger partial charge is 0.399 e. The van der Waals surface area contributed by atoms with Crippen molar-refractivity contribution in [2.24, 2.45) is 5.92 Å². The second-order valence-electron chi connectivity index (χ2n) is 5.75. The van der Waals surface area contributed by atoms with Gasteiger partial charge in [-0.1, -0.05) is 6.92 Å². The van der Waals surface area contributed by atoms with E-state index < -0.39 is 0 Å². The van der Waals surface area contributed by atoms with E-state index in [-0.39, 0.29) is 0 Å². The van der Waals surface area contributed by atoms with Crippen LogP contribution in [-0.2, 0) is 0 Å². The van der Waals surface area contributed by atoms with Crippen molar-refractivity contribution in [2.45, 2.75) is 26.7 Å². The SMILES string of the molecule is Cc1cc(N2CCCC(C)C2)c2cc(N)ccc2n1. The van der Waals surface area contributed by atoms with Crippen LogP contribution in [0.2, 0.25) is 0 Å². The number of hydrogen-bond donors (Lipinski definition) is 1. The van der Waals surface area contributed by atoms with Crippen molar-refractivity contribution >= 4 is 22.3 Å². The van der Waals surface area contributed by atoms with Crippen LogP contribution < -0.4 is 10.6 Å². The van der Waals surface area contributed by atoms with Crippen LogP contribution in [0.15, 0.2) is 24.3 Å². The number of pyridine rings is 1. The van der Waals surface area contributed by atoms with Crippen molar-refractivity contribution in [3.8, 4) is 0 Å². The van der Waals surface area contributed by atoms with E-state index in [1.807, 2.05) is 12.1 Å². The molecule has 19 heavy (non-hydrogen) atoms. The maximum Gasteiger partial charge on any atom is 0.0727 e. The van der Waals surface area contributed by atoms with E-state index in [1.54, 1.807) is 0 Å². The molecule has 0 radical (unpaired) electrons. The average molecular weight is 255 g/mol. The average Bonchev–Trinajstić information content (AvgIpc) is 2.38. The van der Waals surface area contributed by atoms with E-state index in [9.17, 15) is 0 Å². The van der Waals surface area contributed by atoms with Gasteiger partial charge in [-0.25, -0.2) is 0 Å². The number of hydrogen-bond acceptors (Lipinski definition) is 3. The number of piperidine rings is 1. The number of anilines is 2. The summed E-state index contributed by atoms with van der Waals surface area (Å²) in [6.07, 6.45) is 2.60. The fourth-order valence-electron chi connectivity index (χ4n) is 3.02. The van der Waals surface area contributed by atoms with Crippen molar-refractivity contribution < 1.29 is 0 Å². The molecule has 1 aromatic carbocycles. The molecule has 3 rings (SSSR count). The number of nitrogen functional groups attached to an aromatic ring is 1. The normalized spacial score (nSPS) is 19.9. The highest BCUT2D eigenvalue weighted by molar-refractivity contribution is 5.94. The number of aryl methyl sites for hydroxylation is 1. The second-order valence-corrected chi connectivity index (χ2v) is 5.75. The molecule has 100 valence electrons. The number of fused-ring (bicyclic) bond motifs is 1. The summed E-state index contributed by atoms with van der Waals surface area (Å²) in [6, 6.07) is 8.20. The van der Waals surface area contributed by atoms with E-state index in [0.29, 0.717) is 0 Å². The molecule has 2 aromatic rings. The Labute approximate surface area is 114 Å². The molecule has 1 aromatic heterocycles. The third-order valence-electron chi connectivity index (χ3n) is 3.94. The van der Waals surface area contributed by atoms with Gasteiger partial charge in [0.05, 0.1) is 5.52 Å². The molecule has 1 aliphatic rings. The summed E-state index contributed by atoms with van der Waals surface area (Å²) in [4.78, 5) is 7.10. The van der Waals surface area contributed by atoms with Gasteiger partial charge in [-0.05, 0) is 49.9 Å². The molecule has 0 amide bonds. The Hall–Kier alpha value is -1.77. The molecule has 2 heterocycles. The van der Waals surface area contributed by atoms with Crippen LogP contribution in [0.25, 0.3) is 10.9 Å². The van der Waals surface area contributed by atoms with E-state index in [1.165, 1.54) is 23.9 Å². The van der Waals surface area contributed by atoms with Crippen LogP contribution in [0.1, 0.15) is 25.5 Å². The zero-order valence-corrected chi connectivity index (χ0v) is 11.7. The van der Waals surface area contributed by atoms with Crippen LogP contribution in [0.4, 0.5) is 11.4 Å². The highest BCUT2D eigenvalue weighted by Gasteiger charge is 2.19. The Balaban J connectivity index is 2.13. The monoisotopic (exact) mass is 255 g/mol. The lowest BCUT2D eigenvalue weighted by atomic mass is 9.99. The van der Waals surface area contributed by atoms with Crippen molar-refractivity contribution in [3.05, 3.63) is 30.0 Å². The molecule has 1 aliphatic heterocycles. The summed E-state index contributed by atoms with van der Waals surface area (Å²) < 4.78 is 0. The topological polar surface area (TPSA) is 42.1 Å². The quantitative estimate of drug-likeness (QED) is 0.794. The summed E-state index contributed by atoms with van der Waals surface area (Å²) in [5.74, 6) is 0.762. The molecule has 0 bridgehead atoms. The molecule has 3 heteroatoms. The summed E-state index contributed by atoms with van der Waals surface area (Å²) in [5.41, 5.74) is 10.2. The zero-order valence-electron chi connectivity index (χ0n) is 11.7. The summed E-state index contributed by atoms with van der Waals surface area (Å²) >= 11 is 0. The number of nitrogens with zero attached hydrogens (tertiary/aromatic N) is 2. The van der Waals surface area contributed by atoms with Crippen LogP contribution in [-0.4, -0.2) is 18.1 Å². The predicted molar refractivity (Wildman–Crippen MR) is 81.5 cm³/mol. The molecule has 1 saturated heterocycles. The fraction of sp³-hybridized carbons (Fsp3) is 0.438. The predicted octanol–water partition coefficient (Wildman–Crippen LogP) is 3.36. The molecule has 3 nitrogen and oxygen atoms in total. The number of benzene rings is 1. The van der Waals surface area contributed by atoms with E-state index in [0.717, 1.165) is 35.9 Å². The second kappa shape index (κ2) is 4.72. The molecule has 1 atom stereocenters. The number of nitrogens with two attached hydrogens (primary N) is 1. The molecule has 1 unspecified atom stereocenters. The first-order chi connectivity index (χ1) is 9.13. The minimum atomic E-state index is 0.762.